The van der Waals surface area contributed by atoms with Crippen LogP contribution in [0.2, 0.25) is 0 Å². The van der Waals surface area contributed by atoms with Crippen LogP contribution >= 0.6 is 0 Å². The van der Waals surface area contributed by atoms with Gasteiger partial charge in [0.2, 0.25) is 0 Å². The normalized spacial score (nSPS) is 14.1. The fraction of sp³-hybridized carbons (Fsp3) is 0.235. The Hall–Kier alpha value is -2.16. The molecule has 2 aromatic carbocycles. The molecule has 3 rings (SSSR count). The van der Waals surface area contributed by atoms with Crippen LogP contribution in [0.25, 0.3) is 0 Å². The number of carbonyl (C=O) groups is 1. The second-order valence-corrected chi connectivity index (χ2v) is 4.94. The number of ether oxygens (including phenoxy) is 1. The third kappa shape index (κ3) is 2.44. The van der Waals surface area contributed by atoms with E-state index in [0.29, 0.717) is 23.5 Å². The smallest absolute Gasteiger partial charge is 0.196 e. The fourth-order valence-electron chi connectivity index (χ4n) is 2.51. The third-order valence-corrected chi connectivity index (χ3v) is 3.50. The fourth-order valence-corrected chi connectivity index (χ4v) is 2.51. The van der Waals surface area contributed by atoms with Gasteiger partial charge in [-0.05, 0) is 37.0 Å². The molecule has 0 saturated heterocycles. The molecule has 0 aliphatic carbocycles. The molecule has 0 bridgehead atoms. The van der Waals surface area contributed by atoms with Crippen LogP contribution in [-0.4, -0.2) is 12.4 Å². The molecule has 0 spiro atoms. The molecule has 20 heavy (non-hydrogen) atoms. The van der Waals surface area contributed by atoms with Crippen LogP contribution in [0.3, 0.4) is 0 Å². The van der Waals surface area contributed by atoms with Gasteiger partial charge in [0, 0.05) is 5.56 Å². The highest BCUT2D eigenvalue weighted by Crippen LogP contribution is 2.31. The van der Waals surface area contributed by atoms with Crippen molar-refractivity contribution in [1.82, 2.24) is 0 Å². The van der Waals surface area contributed by atoms with E-state index in [1.807, 2.05) is 6.07 Å². The lowest BCUT2D eigenvalue weighted by Crippen LogP contribution is -2.07. The number of hydrogen-bond donors (Lipinski definition) is 0. The van der Waals surface area contributed by atoms with Crippen molar-refractivity contribution in [1.29, 1.82) is 0 Å². The van der Waals surface area contributed by atoms with Gasteiger partial charge in [0.25, 0.3) is 0 Å². The van der Waals surface area contributed by atoms with E-state index in [2.05, 4.69) is 0 Å². The Morgan fingerprint density at radius 1 is 1.10 bits per heavy atom. The highest BCUT2D eigenvalue weighted by molar-refractivity contribution is 6.11. The first-order valence-corrected chi connectivity index (χ1v) is 6.80. The molecule has 102 valence electrons. The van der Waals surface area contributed by atoms with E-state index in [4.69, 9.17) is 4.74 Å². The number of ketones is 1. The Balaban J connectivity index is 2.09. The predicted octanol–water partition coefficient (Wildman–Crippen LogP) is 3.77. The van der Waals surface area contributed by atoms with Crippen molar-refractivity contribution in [2.24, 2.45) is 0 Å². The van der Waals surface area contributed by atoms with Crippen LogP contribution in [0.5, 0.6) is 5.75 Å². The lowest BCUT2D eigenvalue weighted by molar-refractivity contribution is 0.103. The first kappa shape index (κ1) is 12.9. The van der Waals surface area contributed by atoms with Gasteiger partial charge >= 0.3 is 0 Å². The summed E-state index contributed by atoms with van der Waals surface area (Å²) in [6, 6.07) is 11.7. The highest BCUT2D eigenvalue weighted by atomic mass is 19.1. The van der Waals surface area contributed by atoms with Gasteiger partial charge in [0.1, 0.15) is 11.6 Å². The van der Waals surface area contributed by atoms with Gasteiger partial charge < -0.3 is 4.74 Å². The molecular weight excluding hydrogens is 255 g/mol. The molecule has 0 atom stereocenters. The predicted molar refractivity (Wildman–Crippen MR) is 74.7 cm³/mol. The molecular formula is C17H15FO2. The Morgan fingerprint density at radius 3 is 2.70 bits per heavy atom. The van der Waals surface area contributed by atoms with Crippen molar-refractivity contribution in [3.05, 3.63) is 65.0 Å². The Morgan fingerprint density at radius 2 is 1.90 bits per heavy atom. The van der Waals surface area contributed by atoms with Gasteiger partial charge in [0.15, 0.2) is 5.78 Å². The van der Waals surface area contributed by atoms with Crippen molar-refractivity contribution < 1.29 is 13.9 Å². The Labute approximate surface area is 117 Å². The first-order valence-electron chi connectivity index (χ1n) is 6.80. The molecule has 0 saturated carbocycles. The molecule has 2 aromatic rings. The summed E-state index contributed by atoms with van der Waals surface area (Å²) in [5.74, 6) is -0.0189. The molecule has 1 aliphatic heterocycles. The molecule has 0 radical (unpaired) electrons. The first-order chi connectivity index (χ1) is 9.75. The van der Waals surface area contributed by atoms with E-state index in [-0.39, 0.29) is 11.6 Å². The molecule has 0 amide bonds. The molecule has 2 nitrogen and oxygen atoms in total. The van der Waals surface area contributed by atoms with E-state index in [1.54, 1.807) is 24.3 Å². The summed E-state index contributed by atoms with van der Waals surface area (Å²) in [5.41, 5.74) is 1.67. The topological polar surface area (TPSA) is 26.3 Å². The zero-order valence-electron chi connectivity index (χ0n) is 11.1. The molecule has 1 aliphatic rings. The summed E-state index contributed by atoms with van der Waals surface area (Å²) in [7, 11) is 0. The second-order valence-electron chi connectivity index (χ2n) is 4.94. The van der Waals surface area contributed by atoms with E-state index >= 15 is 0 Å². The van der Waals surface area contributed by atoms with Gasteiger partial charge in [-0.1, -0.05) is 30.3 Å². The number of benzene rings is 2. The molecule has 0 fully saturated rings. The molecule has 0 N–H and O–H groups in total. The van der Waals surface area contributed by atoms with E-state index < -0.39 is 0 Å². The Kier molecular flexibility index (Phi) is 3.50. The number of carbonyl (C=O) groups excluding carboxylic acids is 1. The summed E-state index contributed by atoms with van der Waals surface area (Å²) in [4.78, 5) is 12.5. The average molecular weight is 270 g/mol. The number of rotatable bonds is 2. The number of fused-ring (bicyclic) bond motifs is 1. The number of hydrogen-bond acceptors (Lipinski definition) is 2. The van der Waals surface area contributed by atoms with Crippen molar-refractivity contribution in [3.63, 3.8) is 0 Å². The van der Waals surface area contributed by atoms with Gasteiger partial charge in [-0.15, -0.1) is 0 Å². The zero-order valence-corrected chi connectivity index (χ0v) is 11.1. The number of halogens is 1. The maximum absolute atomic E-state index is 13.8. The van der Waals surface area contributed by atoms with Crippen LogP contribution in [0.1, 0.15) is 34.3 Å². The maximum atomic E-state index is 13.8. The zero-order chi connectivity index (χ0) is 13.9. The third-order valence-electron chi connectivity index (χ3n) is 3.50. The summed E-state index contributed by atoms with van der Waals surface area (Å²) < 4.78 is 19.4. The maximum Gasteiger partial charge on any atom is 0.196 e. The standard InChI is InChI=1S/C17H15FO2/c18-14-10-13-8-4-5-9-20-17(13)15(11-14)16(19)12-6-2-1-3-7-12/h1-3,6-7,10-11H,4-5,8-9H2. The van der Waals surface area contributed by atoms with Gasteiger partial charge in [-0.25, -0.2) is 4.39 Å². The minimum atomic E-state index is -0.381. The minimum absolute atomic E-state index is 0.191. The average Bonchev–Trinajstić information content (AvgIpc) is 2.71. The quantitative estimate of drug-likeness (QED) is 0.776. The summed E-state index contributed by atoms with van der Waals surface area (Å²) in [6.45, 7) is 0.577. The number of aryl methyl sites for hydroxylation is 1. The van der Waals surface area contributed by atoms with Gasteiger partial charge in [-0.2, -0.15) is 0 Å². The van der Waals surface area contributed by atoms with Crippen LogP contribution in [0.15, 0.2) is 42.5 Å². The van der Waals surface area contributed by atoms with Crippen molar-refractivity contribution in [2.45, 2.75) is 19.3 Å². The largest absolute Gasteiger partial charge is 0.493 e. The minimum Gasteiger partial charge on any atom is -0.493 e. The summed E-state index contributed by atoms with van der Waals surface area (Å²) >= 11 is 0. The SMILES string of the molecule is O=C(c1ccccc1)c1cc(F)cc2c1OCCCC2. The van der Waals surface area contributed by atoms with Gasteiger partial charge in [0.05, 0.1) is 12.2 Å². The molecule has 3 heteroatoms. The molecule has 0 unspecified atom stereocenters. The van der Waals surface area contributed by atoms with Gasteiger partial charge in [-0.3, -0.25) is 4.79 Å². The molecule has 1 heterocycles. The van der Waals surface area contributed by atoms with Crippen molar-refractivity contribution >= 4 is 5.78 Å². The van der Waals surface area contributed by atoms with Crippen molar-refractivity contribution in [3.8, 4) is 5.75 Å². The van der Waals surface area contributed by atoms with Crippen LogP contribution in [-0.2, 0) is 6.42 Å². The highest BCUT2D eigenvalue weighted by Gasteiger charge is 2.21. The Bertz CT molecular complexity index is 635. The summed E-state index contributed by atoms with van der Waals surface area (Å²) in [6.07, 6.45) is 2.63. The van der Waals surface area contributed by atoms with E-state index in [0.717, 1.165) is 24.8 Å². The lowest BCUT2D eigenvalue weighted by Gasteiger charge is -2.12. The monoisotopic (exact) mass is 270 g/mol. The van der Waals surface area contributed by atoms with Crippen LogP contribution in [0.4, 0.5) is 4.39 Å². The second kappa shape index (κ2) is 5.45. The van der Waals surface area contributed by atoms with Crippen LogP contribution < -0.4 is 4.74 Å². The van der Waals surface area contributed by atoms with E-state index in [9.17, 15) is 9.18 Å². The lowest BCUT2D eigenvalue weighted by atomic mass is 9.98. The molecule has 0 aromatic heterocycles. The van der Waals surface area contributed by atoms with Crippen LogP contribution in [0, 0.1) is 5.82 Å². The van der Waals surface area contributed by atoms with E-state index in [1.165, 1.54) is 12.1 Å². The summed E-state index contributed by atoms with van der Waals surface area (Å²) in [5, 5.41) is 0. The van der Waals surface area contributed by atoms with Crippen molar-refractivity contribution in [2.75, 3.05) is 6.61 Å².